The average Bonchev–Trinajstić information content (AvgIpc) is 3.01. The van der Waals surface area contributed by atoms with E-state index in [1.54, 1.807) is 0 Å². The first kappa shape index (κ1) is 25.7. The quantitative estimate of drug-likeness (QED) is 0.255. The van der Waals surface area contributed by atoms with Gasteiger partial charge in [0.15, 0.2) is 0 Å². The molecule has 2 heterocycles. The topological polar surface area (TPSA) is 59.1 Å². The fourth-order valence-electron chi connectivity index (χ4n) is 5.83. The number of hydrogen-bond acceptors (Lipinski definition) is 4. The van der Waals surface area contributed by atoms with E-state index in [0.29, 0.717) is 11.5 Å². The number of amides is 2. The van der Waals surface area contributed by atoms with Crippen LogP contribution in [0.4, 0.5) is 0 Å². The molecule has 0 unspecified atom stereocenters. The van der Waals surface area contributed by atoms with Gasteiger partial charge in [-0.1, -0.05) is 97.1 Å². The number of carbonyl (C=O) groups excluding carboxylic acids is 2. The maximum absolute atomic E-state index is 13.6. The lowest BCUT2D eigenvalue weighted by atomic mass is 9.84. The molecule has 2 saturated heterocycles. The van der Waals surface area contributed by atoms with E-state index < -0.39 is 12.2 Å². The fraction of sp³-hybridized carbons (Fsp3) is 0.235. The maximum Gasteiger partial charge on any atom is 0.267 e. The van der Waals surface area contributed by atoms with Crippen molar-refractivity contribution in [2.75, 3.05) is 0 Å². The minimum Gasteiger partial charge on any atom is -0.478 e. The lowest BCUT2D eigenvalue weighted by Crippen LogP contribution is -2.71. The molecule has 0 aromatic heterocycles. The van der Waals surface area contributed by atoms with Crippen molar-refractivity contribution in [3.8, 4) is 11.5 Å². The van der Waals surface area contributed by atoms with Crippen molar-refractivity contribution >= 4 is 11.8 Å². The van der Waals surface area contributed by atoms with Crippen molar-refractivity contribution in [3.05, 3.63) is 132 Å². The molecule has 0 N–H and O–H groups in total. The Kier molecular flexibility index (Phi) is 6.99. The monoisotopic (exact) mass is 532 g/mol. The molecule has 0 saturated carbocycles. The molecule has 0 aliphatic carbocycles. The van der Waals surface area contributed by atoms with Crippen LogP contribution in [0.15, 0.2) is 121 Å². The normalized spacial score (nSPS) is 23.6. The highest BCUT2D eigenvalue weighted by molar-refractivity contribution is 5.91. The first-order valence-corrected chi connectivity index (χ1v) is 13.7. The number of likely N-dealkylation sites (tertiary alicyclic amines) is 2. The van der Waals surface area contributed by atoms with Crippen LogP contribution in [0.1, 0.15) is 37.1 Å². The molecule has 40 heavy (non-hydrogen) atoms. The summed E-state index contributed by atoms with van der Waals surface area (Å²) in [5.41, 5.74) is 2.00. The number of para-hydroxylation sites is 2. The van der Waals surface area contributed by atoms with Crippen molar-refractivity contribution in [3.63, 3.8) is 0 Å². The molecular weight excluding hydrogens is 500 g/mol. The summed E-state index contributed by atoms with van der Waals surface area (Å²) in [6.45, 7) is 4.02. The second-order valence-electron chi connectivity index (χ2n) is 10.4. The highest BCUT2D eigenvalue weighted by Gasteiger charge is 2.57. The van der Waals surface area contributed by atoms with Gasteiger partial charge in [-0.3, -0.25) is 9.59 Å². The van der Waals surface area contributed by atoms with Crippen LogP contribution in [-0.4, -0.2) is 45.9 Å². The second-order valence-corrected chi connectivity index (χ2v) is 10.4. The number of nitrogens with zero attached hydrogens (tertiary/aromatic N) is 2. The van der Waals surface area contributed by atoms with Crippen LogP contribution in [-0.2, 0) is 9.59 Å². The summed E-state index contributed by atoms with van der Waals surface area (Å²) in [6, 6.07) is 37.7. The fourth-order valence-corrected chi connectivity index (χ4v) is 5.83. The Morgan fingerprint density at radius 3 is 1.12 bits per heavy atom. The van der Waals surface area contributed by atoms with E-state index in [0.717, 1.165) is 11.1 Å². The van der Waals surface area contributed by atoms with Gasteiger partial charge in [-0.15, -0.1) is 0 Å². The number of hydrogen-bond donors (Lipinski definition) is 0. The van der Waals surface area contributed by atoms with Crippen molar-refractivity contribution < 1.29 is 19.1 Å². The van der Waals surface area contributed by atoms with Gasteiger partial charge in [0.1, 0.15) is 23.6 Å². The molecule has 0 radical (unpaired) electrons. The van der Waals surface area contributed by atoms with E-state index in [9.17, 15) is 9.59 Å². The summed E-state index contributed by atoms with van der Waals surface area (Å²) in [7, 11) is 0. The Labute approximate surface area is 234 Å². The number of benzene rings is 4. The molecule has 6 rings (SSSR count). The van der Waals surface area contributed by atoms with Crippen molar-refractivity contribution in [1.82, 2.24) is 9.80 Å². The van der Waals surface area contributed by atoms with E-state index in [2.05, 4.69) is 0 Å². The van der Waals surface area contributed by atoms with Crippen LogP contribution in [0.2, 0.25) is 0 Å². The molecule has 4 aromatic rings. The lowest BCUT2D eigenvalue weighted by molar-refractivity contribution is -0.183. The summed E-state index contributed by atoms with van der Waals surface area (Å²) in [5.74, 6) is 1.15. The van der Waals surface area contributed by atoms with Crippen LogP contribution < -0.4 is 9.47 Å². The minimum absolute atomic E-state index is 0.0848. The van der Waals surface area contributed by atoms with Gasteiger partial charge < -0.3 is 19.3 Å². The molecule has 2 aliphatic heterocycles. The van der Waals surface area contributed by atoms with E-state index in [4.69, 9.17) is 9.47 Å². The SMILES string of the molecule is C[C@H]([C@@H](C)N1C(=O)[C@H](Oc2ccccc2)[C@@H]1c1ccccc1)N1C(=O)[C@@H](Oc2ccccc2)[C@H]1c1ccccc1. The number of β-lactam (4-membered cyclic amide) rings is 2. The number of ether oxygens (including phenoxy) is 2. The van der Waals surface area contributed by atoms with Gasteiger partial charge in [0, 0.05) is 0 Å². The zero-order valence-corrected chi connectivity index (χ0v) is 22.5. The largest absolute Gasteiger partial charge is 0.478 e. The Morgan fingerprint density at radius 2 is 0.800 bits per heavy atom. The van der Waals surface area contributed by atoms with E-state index >= 15 is 0 Å². The summed E-state index contributed by atoms with van der Waals surface area (Å²) >= 11 is 0. The summed E-state index contributed by atoms with van der Waals surface area (Å²) in [4.78, 5) is 31.0. The average molecular weight is 533 g/mol. The summed E-state index contributed by atoms with van der Waals surface area (Å²) < 4.78 is 12.4. The first-order valence-electron chi connectivity index (χ1n) is 13.7. The van der Waals surface area contributed by atoms with Crippen molar-refractivity contribution in [2.45, 2.75) is 50.2 Å². The zero-order valence-electron chi connectivity index (χ0n) is 22.5. The zero-order chi connectivity index (χ0) is 27.6. The van der Waals surface area contributed by atoms with Crippen LogP contribution in [0.25, 0.3) is 0 Å². The summed E-state index contributed by atoms with van der Waals surface area (Å²) in [6.07, 6.45) is -1.27. The third kappa shape index (κ3) is 4.60. The predicted octanol–water partition coefficient (Wildman–Crippen LogP) is 5.83. The highest BCUT2D eigenvalue weighted by Crippen LogP contribution is 2.44. The molecule has 2 amide bonds. The number of carbonyl (C=O) groups is 2. The predicted molar refractivity (Wildman–Crippen MR) is 153 cm³/mol. The Hall–Kier alpha value is -4.58. The molecule has 6 heteroatoms. The third-order valence-electron chi connectivity index (χ3n) is 8.04. The second kappa shape index (κ2) is 10.9. The van der Waals surface area contributed by atoms with Crippen LogP contribution >= 0.6 is 0 Å². The Morgan fingerprint density at radius 1 is 0.500 bits per heavy atom. The van der Waals surface area contributed by atoms with E-state index in [1.807, 2.05) is 145 Å². The smallest absolute Gasteiger partial charge is 0.267 e. The molecule has 0 spiro atoms. The maximum atomic E-state index is 13.6. The Bertz CT molecular complexity index is 1340. The van der Waals surface area contributed by atoms with E-state index in [1.165, 1.54) is 0 Å². The van der Waals surface area contributed by atoms with Gasteiger partial charge in [-0.25, -0.2) is 0 Å². The molecule has 2 fully saturated rings. The van der Waals surface area contributed by atoms with Crippen LogP contribution in [0, 0.1) is 0 Å². The first-order chi connectivity index (χ1) is 19.5. The molecule has 2 aliphatic rings. The Balaban J connectivity index is 1.27. The van der Waals surface area contributed by atoms with Gasteiger partial charge in [-0.05, 0) is 49.2 Å². The van der Waals surface area contributed by atoms with E-state index in [-0.39, 0.29) is 36.0 Å². The standard InChI is InChI=1S/C34H32N2O4/c1-23(35-29(25-15-7-3-8-16-25)31(33(35)37)39-27-19-11-5-12-20-27)24(2)36-30(26-17-9-4-10-18-26)32(34(36)38)40-28-21-13-6-14-22-28/h3-24,29-32H,1-2H3/t23-,24-,29-,30+,31+,32-/m1/s1. The minimum atomic E-state index is -0.634. The highest BCUT2D eigenvalue weighted by atomic mass is 16.5. The molecular formula is C34H32N2O4. The number of rotatable bonds is 9. The van der Waals surface area contributed by atoms with Gasteiger partial charge in [-0.2, -0.15) is 0 Å². The van der Waals surface area contributed by atoms with Gasteiger partial charge in [0.2, 0.25) is 12.2 Å². The van der Waals surface area contributed by atoms with Gasteiger partial charge in [0.25, 0.3) is 11.8 Å². The molecule has 4 aromatic carbocycles. The molecule has 6 atom stereocenters. The summed E-state index contributed by atoms with van der Waals surface area (Å²) in [5, 5.41) is 0. The van der Waals surface area contributed by atoms with Crippen molar-refractivity contribution in [1.29, 1.82) is 0 Å². The van der Waals surface area contributed by atoms with Crippen molar-refractivity contribution in [2.24, 2.45) is 0 Å². The third-order valence-corrected chi connectivity index (χ3v) is 8.04. The van der Waals surface area contributed by atoms with Gasteiger partial charge >= 0.3 is 0 Å². The van der Waals surface area contributed by atoms with Crippen LogP contribution in [0.5, 0.6) is 11.5 Å². The lowest BCUT2D eigenvalue weighted by Gasteiger charge is -2.56. The molecule has 6 nitrogen and oxygen atoms in total. The van der Waals surface area contributed by atoms with Gasteiger partial charge in [0.05, 0.1) is 12.1 Å². The molecule has 202 valence electrons. The van der Waals surface area contributed by atoms with Crippen LogP contribution in [0.3, 0.4) is 0 Å². The molecule has 0 bridgehead atoms.